The van der Waals surface area contributed by atoms with Crippen LogP contribution in [0.1, 0.15) is 25.6 Å². The number of anilines is 2. The summed E-state index contributed by atoms with van der Waals surface area (Å²) in [4.78, 5) is 9.65. The second kappa shape index (κ2) is 9.67. The summed E-state index contributed by atoms with van der Waals surface area (Å²) in [6.45, 7) is 3.07. The van der Waals surface area contributed by atoms with Crippen molar-refractivity contribution >= 4 is 22.8 Å². The van der Waals surface area contributed by atoms with Gasteiger partial charge in [0.1, 0.15) is 11.6 Å². The molecule has 0 saturated carbocycles. The first-order valence-electron chi connectivity index (χ1n) is 10.6. The number of nitrogens with one attached hydrogen (secondary N) is 1. The molecule has 0 radical (unpaired) electrons. The predicted octanol–water partition coefficient (Wildman–Crippen LogP) is 5.75. The minimum atomic E-state index is -4.79. The Labute approximate surface area is 196 Å². The van der Waals surface area contributed by atoms with Gasteiger partial charge in [-0.2, -0.15) is 13.2 Å². The fourth-order valence-electron chi connectivity index (χ4n) is 4.11. The Morgan fingerprint density at radius 3 is 2.50 bits per heavy atom. The summed E-state index contributed by atoms with van der Waals surface area (Å²) in [6, 6.07) is 11.4. The van der Waals surface area contributed by atoms with Crippen molar-refractivity contribution in [3.63, 3.8) is 0 Å². The van der Waals surface area contributed by atoms with Crippen LogP contribution in [0.5, 0.6) is 0 Å². The number of aromatic nitrogens is 2. The van der Waals surface area contributed by atoms with Crippen LogP contribution in [0.4, 0.5) is 29.1 Å². The van der Waals surface area contributed by atoms with E-state index < -0.39 is 29.1 Å². The van der Waals surface area contributed by atoms with Crippen molar-refractivity contribution in [3.05, 3.63) is 60.2 Å². The zero-order valence-electron chi connectivity index (χ0n) is 18.1. The molecule has 2 atom stereocenters. The highest BCUT2D eigenvalue weighted by atomic mass is 32.2. The standard InChI is InChI=1S/C23H22F4N4O2S/c1-14-4-3-11-31(13-14)21-19(16-5-2-6-18(12-16)30-34(32)33)20(15-7-9-17(24)10-8-15)28-22(29-21)23(25,26)27/h2,5-10,12,14,30H,3-4,11,13H2,1H3,(H,32,33). The maximum atomic E-state index is 13.8. The largest absolute Gasteiger partial charge is 0.451 e. The molecule has 0 spiro atoms. The van der Waals surface area contributed by atoms with Gasteiger partial charge >= 0.3 is 6.18 Å². The molecule has 1 aromatic heterocycles. The van der Waals surface area contributed by atoms with Gasteiger partial charge in [0.15, 0.2) is 0 Å². The second-order valence-corrected chi connectivity index (χ2v) is 8.93. The minimum Gasteiger partial charge on any atom is -0.356 e. The van der Waals surface area contributed by atoms with Crippen LogP contribution in [0.2, 0.25) is 0 Å². The van der Waals surface area contributed by atoms with Gasteiger partial charge in [0.05, 0.1) is 11.3 Å². The van der Waals surface area contributed by atoms with Crippen molar-refractivity contribution in [1.29, 1.82) is 0 Å². The molecule has 6 nitrogen and oxygen atoms in total. The molecule has 1 saturated heterocycles. The number of hydrogen-bond donors (Lipinski definition) is 2. The molecule has 2 aromatic carbocycles. The van der Waals surface area contributed by atoms with Crippen molar-refractivity contribution in [3.8, 4) is 22.4 Å². The Balaban J connectivity index is 2.01. The first kappa shape index (κ1) is 24.1. The lowest BCUT2D eigenvalue weighted by Crippen LogP contribution is -2.36. The number of halogens is 4. The normalized spacial score (nSPS) is 17.5. The quantitative estimate of drug-likeness (QED) is 0.349. The number of benzene rings is 2. The van der Waals surface area contributed by atoms with Gasteiger partial charge in [-0.15, -0.1) is 0 Å². The molecule has 2 heterocycles. The van der Waals surface area contributed by atoms with Gasteiger partial charge in [0, 0.05) is 24.3 Å². The van der Waals surface area contributed by atoms with Crippen molar-refractivity contribution in [2.75, 3.05) is 22.7 Å². The van der Waals surface area contributed by atoms with E-state index in [0.29, 0.717) is 35.5 Å². The first-order chi connectivity index (χ1) is 16.1. The molecular weight excluding hydrogens is 472 g/mol. The first-order valence-corrected chi connectivity index (χ1v) is 11.7. The molecule has 2 unspecified atom stereocenters. The number of nitrogens with zero attached hydrogens (tertiary/aromatic N) is 3. The number of hydrogen-bond acceptors (Lipinski definition) is 4. The minimum absolute atomic E-state index is 0.00202. The van der Waals surface area contributed by atoms with Crippen LogP contribution in [-0.2, 0) is 17.4 Å². The molecule has 0 bridgehead atoms. The van der Waals surface area contributed by atoms with E-state index in [1.165, 1.54) is 12.1 Å². The van der Waals surface area contributed by atoms with E-state index in [2.05, 4.69) is 14.7 Å². The third kappa shape index (κ3) is 5.36. The highest BCUT2D eigenvalue weighted by molar-refractivity contribution is 7.80. The molecular formula is C23H22F4N4O2S. The zero-order valence-corrected chi connectivity index (χ0v) is 19.0. The monoisotopic (exact) mass is 494 g/mol. The summed E-state index contributed by atoms with van der Waals surface area (Å²) in [5, 5.41) is 0. The van der Waals surface area contributed by atoms with Gasteiger partial charge < -0.3 is 4.90 Å². The van der Waals surface area contributed by atoms with Gasteiger partial charge in [0.2, 0.25) is 5.82 Å². The van der Waals surface area contributed by atoms with Crippen molar-refractivity contribution in [1.82, 2.24) is 9.97 Å². The summed E-state index contributed by atoms with van der Waals surface area (Å²) in [6.07, 6.45) is -3.04. The van der Waals surface area contributed by atoms with Gasteiger partial charge in [-0.3, -0.25) is 9.27 Å². The smallest absolute Gasteiger partial charge is 0.356 e. The SMILES string of the molecule is CC1CCCN(c2nc(C(F)(F)F)nc(-c3ccc(F)cc3)c2-c2cccc(NS(=O)O)c2)C1. The maximum absolute atomic E-state index is 13.8. The second-order valence-electron chi connectivity index (χ2n) is 8.22. The Morgan fingerprint density at radius 1 is 1.12 bits per heavy atom. The van der Waals surface area contributed by atoms with Gasteiger partial charge in [-0.05, 0) is 60.7 Å². The lowest BCUT2D eigenvalue weighted by Gasteiger charge is -2.34. The van der Waals surface area contributed by atoms with Crippen LogP contribution in [0.15, 0.2) is 48.5 Å². The zero-order chi connectivity index (χ0) is 24.5. The number of piperidine rings is 1. The summed E-state index contributed by atoms with van der Waals surface area (Å²) < 4.78 is 77.9. The molecule has 1 fully saturated rings. The molecule has 1 aliphatic heterocycles. The predicted molar refractivity (Wildman–Crippen MR) is 123 cm³/mol. The van der Waals surface area contributed by atoms with Crippen LogP contribution < -0.4 is 9.62 Å². The van der Waals surface area contributed by atoms with E-state index in [4.69, 9.17) is 0 Å². The van der Waals surface area contributed by atoms with Crippen LogP contribution in [-0.4, -0.2) is 31.8 Å². The molecule has 2 N–H and O–H groups in total. The third-order valence-corrected chi connectivity index (χ3v) is 5.98. The van der Waals surface area contributed by atoms with Gasteiger partial charge in [-0.1, -0.05) is 19.1 Å². The Morgan fingerprint density at radius 2 is 1.85 bits per heavy atom. The van der Waals surface area contributed by atoms with Crippen molar-refractivity contribution in [2.45, 2.75) is 25.9 Å². The summed E-state index contributed by atoms with van der Waals surface area (Å²) in [7, 11) is 0. The van der Waals surface area contributed by atoms with E-state index in [0.717, 1.165) is 25.0 Å². The molecule has 0 amide bonds. The van der Waals surface area contributed by atoms with E-state index in [1.807, 2.05) is 11.8 Å². The third-order valence-electron chi connectivity index (χ3n) is 5.57. The Hall–Kier alpha value is -3.05. The van der Waals surface area contributed by atoms with Crippen LogP contribution >= 0.6 is 0 Å². The lowest BCUT2D eigenvalue weighted by molar-refractivity contribution is -0.144. The summed E-state index contributed by atoms with van der Waals surface area (Å²) in [5.74, 6) is -1.44. The average Bonchev–Trinajstić information content (AvgIpc) is 2.78. The molecule has 180 valence electrons. The average molecular weight is 495 g/mol. The molecule has 0 aliphatic carbocycles. The lowest BCUT2D eigenvalue weighted by atomic mass is 9.96. The van der Waals surface area contributed by atoms with Crippen LogP contribution in [0.25, 0.3) is 22.4 Å². The molecule has 11 heteroatoms. The molecule has 34 heavy (non-hydrogen) atoms. The van der Waals surface area contributed by atoms with Crippen LogP contribution in [0, 0.1) is 11.7 Å². The maximum Gasteiger partial charge on any atom is 0.451 e. The Bertz CT molecular complexity index is 1200. The Kier molecular flexibility index (Phi) is 6.85. The molecule has 4 rings (SSSR count). The number of alkyl halides is 3. The highest BCUT2D eigenvalue weighted by Crippen LogP contribution is 2.42. The summed E-state index contributed by atoms with van der Waals surface area (Å²) in [5.41, 5.74) is 1.37. The van der Waals surface area contributed by atoms with E-state index >= 15 is 0 Å². The van der Waals surface area contributed by atoms with Crippen molar-refractivity contribution in [2.24, 2.45) is 5.92 Å². The van der Waals surface area contributed by atoms with E-state index in [-0.39, 0.29) is 17.4 Å². The topological polar surface area (TPSA) is 78.4 Å². The van der Waals surface area contributed by atoms with E-state index in [1.54, 1.807) is 24.3 Å². The number of rotatable bonds is 5. The summed E-state index contributed by atoms with van der Waals surface area (Å²) >= 11 is -2.34. The molecule has 1 aliphatic rings. The van der Waals surface area contributed by atoms with E-state index in [9.17, 15) is 26.3 Å². The van der Waals surface area contributed by atoms with Gasteiger partial charge in [0.25, 0.3) is 11.3 Å². The van der Waals surface area contributed by atoms with Gasteiger partial charge in [-0.25, -0.2) is 18.6 Å². The molecule has 3 aromatic rings. The van der Waals surface area contributed by atoms with Crippen molar-refractivity contribution < 1.29 is 26.3 Å². The highest BCUT2D eigenvalue weighted by Gasteiger charge is 2.38. The fourth-order valence-corrected chi connectivity index (χ4v) is 4.44. The fraction of sp³-hybridized carbons (Fsp3) is 0.304. The van der Waals surface area contributed by atoms with Crippen LogP contribution in [0.3, 0.4) is 0 Å².